The third-order valence-corrected chi connectivity index (χ3v) is 4.69. The Morgan fingerprint density at radius 3 is 2.35 bits per heavy atom. The van der Waals surface area contributed by atoms with Crippen LogP contribution in [-0.4, -0.2) is 22.9 Å². The molecule has 3 rings (SSSR count). The van der Waals surface area contributed by atoms with E-state index in [1.54, 1.807) is 6.20 Å². The van der Waals surface area contributed by atoms with Gasteiger partial charge in [-0.3, -0.25) is 4.79 Å². The number of benzene rings is 1. The Hall–Kier alpha value is -1.81. The third-order valence-electron chi connectivity index (χ3n) is 4.34. The molecule has 5 heteroatoms. The van der Waals surface area contributed by atoms with Gasteiger partial charge in [-0.05, 0) is 18.4 Å². The van der Waals surface area contributed by atoms with Gasteiger partial charge in [0.25, 0.3) is 5.56 Å². The van der Waals surface area contributed by atoms with Crippen molar-refractivity contribution in [3.05, 3.63) is 57.5 Å². The monoisotopic (exact) mass is 331 g/mol. The quantitative estimate of drug-likeness (QED) is 0.860. The average molecular weight is 332 g/mol. The zero-order valence-electron chi connectivity index (χ0n) is 13.2. The summed E-state index contributed by atoms with van der Waals surface area (Å²) in [4.78, 5) is 14.7. The molecule has 0 N–H and O–H groups in total. The van der Waals surface area contributed by atoms with Crippen molar-refractivity contribution in [1.29, 1.82) is 0 Å². The number of rotatable bonds is 3. The maximum atomic E-state index is 12.5. The van der Waals surface area contributed by atoms with Gasteiger partial charge in [0.05, 0.1) is 18.4 Å². The first kappa shape index (κ1) is 16.1. The Bertz CT molecular complexity index is 691. The van der Waals surface area contributed by atoms with Crippen molar-refractivity contribution in [1.82, 2.24) is 9.78 Å². The highest BCUT2D eigenvalue weighted by molar-refractivity contribution is 6.33. The summed E-state index contributed by atoms with van der Waals surface area (Å²) in [6.45, 7) is 2.34. The fourth-order valence-corrected chi connectivity index (χ4v) is 3.30. The van der Waals surface area contributed by atoms with Crippen LogP contribution in [0, 0.1) is 0 Å². The van der Waals surface area contributed by atoms with Gasteiger partial charge < -0.3 is 4.90 Å². The first-order chi connectivity index (χ1) is 11.3. The molecule has 4 nitrogen and oxygen atoms in total. The molecule has 0 saturated carbocycles. The predicted molar refractivity (Wildman–Crippen MR) is 94.3 cm³/mol. The molecule has 2 aromatic rings. The van der Waals surface area contributed by atoms with E-state index in [4.69, 9.17) is 11.6 Å². The minimum Gasteiger partial charge on any atom is -0.369 e. The Morgan fingerprint density at radius 2 is 1.65 bits per heavy atom. The van der Waals surface area contributed by atoms with E-state index in [1.807, 2.05) is 30.3 Å². The fourth-order valence-electron chi connectivity index (χ4n) is 3.03. The van der Waals surface area contributed by atoms with E-state index in [0.29, 0.717) is 6.54 Å². The van der Waals surface area contributed by atoms with Gasteiger partial charge in [-0.2, -0.15) is 5.10 Å². The molecule has 0 aliphatic carbocycles. The van der Waals surface area contributed by atoms with Crippen LogP contribution in [0.1, 0.15) is 37.7 Å². The topological polar surface area (TPSA) is 38.1 Å². The molecule has 0 spiro atoms. The van der Waals surface area contributed by atoms with Crippen molar-refractivity contribution in [3.8, 4) is 0 Å². The summed E-state index contributed by atoms with van der Waals surface area (Å²) in [7, 11) is 0. The molecule has 1 aromatic carbocycles. The van der Waals surface area contributed by atoms with E-state index in [0.717, 1.165) is 37.2 Å². The van der Waals surface area contributed by atoms with Crippen LogP contribution in [0.25, 0.3) is 0 Å². The van der Waals surface area contributed by atoms with Crippen molar-refractivity contribution in [2.45, 2.75) is 38.6 Å². The maximum absolute atomic E-state index is 12.5. The second-order valence-electron chi connectivity index (χ2n) is 6.05. The lowest BCUT2D eigenvalue weighted by molar-refractivity contribution is 0.553. The highest BCUT2D eigenvalue weighted by Gasteiger charge is 2.16. The molecule has 1 aliphatic heterocycles. The molecule has 0 atom stereocenters. The van der Waals surface area contributed by atoms with Crippen molar-refractivity contribution >= 4 is 17.3 Å². The van der Waals surface area contributed by atoms with Crippen LogP contribution >= 0.6 is 11.6 Å². The molecule has 0 radical (unpaired) electrons. The lowest BCUT2D eigenvalue weighted by Gasteiger charge is -2.27. The lowest BCUT2D eigenvalue weighted by Crippen LogP contribution is -2.31. The van der Waals surface area contributed by atoms with Crippen LogP contribution < -0.4 is 10.5 Å². The summed E-state index contributed by atoms with van der Waals surface area (Å²) in [5.41, 5.74) is 1.61. The molecule has 1 aliphatic rings. The van der Waals surface area contributed by atoms with Crippen molar-refractivity contribution in [3.63, 3.8) is 0 Å². The van der Waals surface area contributed by atoms with E-state index < -0.39 is 0 Å². The second-order valence-corrected chi connectivity index (χ2v) is 6.42. The van der Waals surface area contributed by atoms with Crippen LogP contribution in [0.5, 0.6) is 0 Å². The van der Waals surface area contributed by atoms with E-state index in [9.17, 15) is 4.79 Å². The van der Waals surface area contributed by atoms with Gasteiger partial charge in [-0.25, -0.2) is 4.68 Å². The summed E-state index contributed by atoms with van der Waals surface area (Å²) in [6.07, 6.45) is 7.82. The first-order valence-corrected chi connectivity index (χ1v) is 8.68. The van der Waals surface area contributed by atoms with Gasteiger partial charge in [0.1, 0.15) is 5.02 Å². The molecule has 23 heavy (non-hydrogen) atoms. The molecule has 1 aromatic heterocycles. The molecule has 122 valence electrons. The SMILES string of the molecule is O=c1c(Cl)c(N2CCCCCCC2)cnn1Cc1ccccc1. The standard InChI is InChI=1S/C18H22ClN3O/c19-17-16(21-11-7-2-1-3-8-12-21)13-20-22(18(17)23)14-15-9-5-4-6-10-15/h4-6,9-10,13H,1-3,7-8,11-12,14H2. The average Bonchev–Trinajstić information content (AvgIpc) is 2.54. The zero-order valence-corrected chi connectivity index (χ0v) is 14.0. The molecular formula is C18H22ClN3O. The zero-order chi connectivity index (χ0) is 16.1. The molecule has 0 amide bonds. The molecule has 1 fully saturated rings. The molecule has 2 heterocycles. The molecule has 0 unspecified atom stereocenters. The Balaban J connectivity index is 1.83. The van der Waals surface area contributed by atoms with Crippen LogP contribution in [-0.2, 0) is 6.54 Å². The summed E-state index contributed by atoms with van der Waals surface area (Å²) in [5, 5.41) is 4.63. The van der Waals surface area contributed by atoms with Crippen molar-refractivity contribution in [2.24, 2.45) is 0 Å². The van der Waals surface area contributed by atoms with Gasteiger partial charge in [0.2, 0.25) is 0 Å². The smallest absolute Gasteiger partial charge is 0.287 e. The number of hydrogen-bond donors (Lipinski definition) is 0. The van der Waals surface area contributed by atoms with Crippen LogP contribution in [0.2, 0.25) is 5.02 Å². The van der Waals surface area contributed by atoms with Crippen molar-refractivity contribution in [2.75, 3.05) is 18.0 Å². The fraction of sp³-hybridized carbons (Fsp3) is 0.444. The minimum atomic E-state index is -0.213. The Morgan fingerprint density at radius 1 is 1.00 bits per heavy atom. The number of halogens is 1. The Kier molecular flexibility index (Phi) is 5.34. The van der Waals surface area contributed by atoms with Gasteiger partial charge in [0, 0.05) is 13.1 Å². The number of nitrogens with zero attached hydrogens (tertiary/aromatic N) is 3. The number of anilines is 1. The molecule has 0 bridgehead atoms. The first-order valence-electron chi connectivity index (χ1n) is 8.30. The normalized spacial score (nSPS) is 16.0. The third kappa shape index (κ3) is 3.94. The van der Waals surface area contributed by atoms with E-state index >= 15 is 0 Å². The van der Waals surface area contributed by atoms with E-state index in [2.05, 4.69) is 10.00 Å². The van der Waals surface area contributed by atoms with Gasteiger partial charge in [-0.1, -0.05) is 61.2 Å². The minimum absolute atomic E-state index is 0.213. The summed E-state index contributed by atoms with van der Waals surface area (Å²) in [6, 6.07) is 9.83. The Labute approximate surface area is 141 Å². The van der Waals surface area contributed by atoms with Crippen molar-refractivity contribution < 1.29 is 0 Å². The van der Waals surface area contributed by atoms with Gasteiger partial charge in [-0.15, -0.1) is 0 Å². The highest BCUT2D eigenvalue weighted by atomic mass is 35.5. The molecule has 1 saturated heterocycles. The van der Waals surface area contributed by atoms with E-state index in [-0.39, 0.29) is 10.6 Å². The van der Waals surface area contributed by atoms with Crippen LogP contribution in [0.4, 0.5) is 5.69 Å². The second kappa shape index (κ2) is 7.64. The van der Waals surface area contributed by atoms with Gasteiger partial charge >= 0.3 is 0 Å². The lowest BCUT2D eigenvalue weighted by atomic mass is 10.1. The molecular weight excluding hydrogens is 310 g/mol. The summed E-state index contributed by atoms with van der Waals surface area (Å²) >= 11 is 6.38. The maximum Gasteiger partial charge on any atom is 0.287 e. The van der Waals surface area contributed by atoms with Crippen LogP contribution in [0.3, 0.4) is 0 Å². The van der Waals surface area contributed by atoms with Crippen LogP contribution in [0.15, 0.2) is 41.3 Å². The highest BCUT2D eigenvalue weighted by Crippen LogP contribution is 2.24. The summed E-state index contributed by atoms with van der Waals surface area (Å²) < 4.78 is 1.44. The number of aromatic nitrogens is 2. The van der Waals surface area contributed by atoms with Gasteiger partial charge in [0.15, 0.2) is 0 Å². The number of hydrogen-bond acceptors (Lipinski definition) is 3. The summed E-state index contributed by atoms with van der Waals surface area (Å²) in [5.74, 6) is 0. The predicted octanol–water partition coefficient (Wildman–Crippen LogP) is 3.72. The van der Waals surface area contributed by atoms with E-state index in [1.165, 1.54) is 23.9 Å². The largest absolute Gasteiger partial charge is 0.369 e.